The third-order valence-electron chi connectivity index (χ3n) is 3.77. The molecular formula is C15H19N3O3S. The molecule has 7 heteroatoms. The lowest BCUT2D eigenvalue weighted by atomic mass is 10.2. The molecule has 118 valence electrons. The van der Waals surface area contributed by atoms with Crippen molar-refractivity contribution in [2.24, 2.45) is 0 Å². The van der Waals surface area contributed by atoms with Gasteiger partial charge in [-0.1, -0.05) is 18.2 Å². The number of aromatic amines is 1. The molecule has 1 aromatic carbocycles. The number of hydrogen-bond acceptors (Lipinski definition) is 4. The lowest BCUT2D eigenvalue weighted by Gasteiger charge is -2.31. The van der Waals surface area contributed by atoms with Gasteiger partial charge >= 0.3 is 0 Å². The number of ether oxygens (including phenoxy) is 1. The average Bonchev–Trinajstić information content (AvgIpc) is 2.94. The minimum Gasteiger partial charge on any atom is -0.368 e. The molecule has 3 rings (SSSR count). The predicted octanol–water partition coefficient (Wildman–Crippen LogP) is 1.79. The van der Waals surface area contributed by atoms with E-state index in [1.165, 1.54) is 4.31 Å². The first-order valence-corrected chi connectivity index (χ1v) is 8.61. The van der Waals surface area contributed by atoms with Crippen LogP contribution >= 0.6 is 0 Å². The van der Waals surface area contributed by atoms with Crippen LogP contribution in [0.1, 0.15) is 23.2 Å². The summed E-state index contributed by atoms with van der Waals surface area (Å²) in [5.74, 6) is 0.669. The van der Waals surface area contributed by atoms with Crippen molar-refractivity contribution in [1.82, 2.24) is 14.3 Å². The summed E-state index contributed by atoms with van der Waals surface area (Å²) in [5, 5.41) is 0. The maximum Gasteiger partial charge on any atom is 0.243 e. The van der Waals surface area contributed by atoms with Gasteiger partial charge in [0, 0.05) is 25.0 Å². The first-order valence-electron chi connectivity index (χ1n) is 7.17. The summed E-state index contributed by atoms with van der Waals surface area (Å²) < 4.78 is 32.8. The van der Waals surface area contributed by atoms with Crippen LogP contribution in [0.25, 0.3) is 0 Å². The van der Waals surface area contributed by atoms with Gasteiger partial charge < -0.3 is 9.72 Å². The smallest absolute Gasteiger partial charge is 0.243 e. The SMILES string of the molecule is Cc1cnc([C@@H]2CN(S(=O)(=O)c3ccccc3C)CCO2)[nH]1. The Balaban J connectivity index is 1.87. The summed E-state index contributed by atoms with van der Waals surface area (Å²) in [6.07, 6.45) is 1.36. The molecule has 2 aromatic rings. The lowest BCUT2D eigenvalue weighted by Crippen LogP contribution is -2.42. The van der Waals surface area contributed by atoms with Gasteiger partial charge in [0.25, 0.3) is 0 Å². The molecule has 0 amide bonds. The van der Waals surface area contributed by atoms with Gasteiger partial charge in [-0.25, -0.2) is 13.4 Å². The highest BCUT2D eigenvalue weighted by molar-refractivity contribution is 7.89. The molecule has 1 N–H and O–H groups in total. The number of sulfonamides is 1. The average molecular weight is 321 g/mol. The number of rotatable bonds is 3. The first kappa shape index (κ1) is 15.2. The molecule has 0 saturated carbocycles. The molecule has 2 heterocycles. The normalized spacial score (nSPS) is 20.2. The van der Waals surface area contributed by atoms with Crippen molar-refractivity contribution in [3.8, 4) is 0 Å². The number of aryl methyl sites for hydroxylation is 2. The number of imidazole rings is 1. The van der Waals surface area contributed by atoms with Gasteiger partial charge in [-0.2, -0.15) is 4.31 Å². The van der Waals surface area contributed by atoms with Crippen LogP contribution in [-0.2, 0) is 14.8 Å². The van der Waals surface area contributed by atoms with E-state index in [1.54, 1.807) is 31.3 Å². The quantitative estimate of drug-likeness (QED) is 0.935. The van der Waals surface area contributed by atoms with E-state index in [0.29, 0.717) is 23.9 Å². The summed E-state index contributed by atoms with van der Waals surface area (Å²) in [4.78, 5) is 7.71. The van der Waals surface area contributed by atoms with E-state index in [-0.39, 0.29) is 12.6 Å². The van der Waals surface area contributed by atoms with Crippen molar-refractivity contribution in [2.75, 3.05) is 19.7 Å². The van der Waals surface area contributed by atoms with Crippen molar-refractivity contribution >= 4 is 10.0 Å². The maximum atomic E-state index is 12.8. The zero-order valence-corrected chi connectivity index (χ0v) is 13.4. The summed E-state index contributed by atoms with van der Waals surface area (Å²) in [6, 6.07) is 7.03. The summed E-state index contributed by atoms with van der Waals surface area (Å²) in [5.41, 5.74) is 1.68. The van der Waals surface area contributed by atoms with E-state index in [1.807, 2.05) is 13.0 Å². The van der Waals surface area contributed by atoms with Gasteiger partial charge in [0.15, 0.2) is 0 Å². The zero-order chi connectivity index (χ0) is 15.7. The Labute approximate surface area is 130 Å². The van der Waals surface area contributed by atoms with E-state index in [4.69, 9.17) is 4.74 Å². The number of benzene rings is 1. The Kier molecular flexibility index (Phi) is 4.03. The Hall–Kier alpha value is -1.70. The molecule has 0 spiro atoms. The van der Waals surface area contributed by atoms with Crippen LogP contribution in [0.5, 0.6) is 0 Å². The maximum absolute atomic E-state index is 12.8. The van der Waals surface area contributed by atoms with Crippen molar-refractivity contribution in [1.29, 1.82) is 0 Å². The molecular weight excluding hydrogens is 302 g/mol. The van der Waals surface area contributed by atoms with Crippen LogP contribution in [0.3, 0.4) is 0 Å². The van der Waals surface area contributed by atoms with Crippen LogP contribution in [0, 0.1) is 13.8 Å². The summed E-state index contributed by atoms with van der Waals surface area (Å²) in [7, 11) is -3.52. The number of aromatic nitrogens is 2. The fraction of sp³-hybridized carbons (Fsp3) is 0.400. The molecule has 1 aliphatic heterocycles. The third-order valence-corrected chi connectivity index (χ3v) is 5.79. The zero-order valence-electron chi connectivity index (χ0n) is 12.6. The fourth-order valence-corrected chi connectivity index (χ4v) is 4.24. The van der Waals surface area contributed by atoms with Gasteiger partial charge in [0.05, 0.1) is 11.5 Å². The van der Waals surface area contributed by atoms with E-state index < -0.39 is 10.0 Å². The van der Waals surface area contributed by atoms with Crippen molar-refractivity contribution < 1.29 is 13.2 Å². The summed E-state index contributed by atoms with van der Waals surface area (Å²) >= 11 is 0. The third kappa shape index (κ3) is 2.79. The lowest BCUT2D eigenvalue weighted by molar-refractivity contribution is -0.00711. The number of hydrogen-bond donors (Lipinski definition) is 1. The minimum atomic E-state index is -3.52. The molecule has 22 heavy (non-hydrogen) atoms. The first-order chi connectivity index (χ1) is 10.5. The van der Waals surface area contributed by atoms with Crippen molar-refractivity contribution in [3.05, 3.63) is 47.5 Å². The van der Waals surface area contributed by atoms with E-state index >= 15 is 0 Å². The van der Waals surface area contributed by atoms with Crippen LogP contribution in [-0.4, -0.2) is 42.4 Å². The van der Waals surface area contributed by atoms with Crippen LogP contribution in [0.2, 0.25) is 0 Å². The second kappa shape index (κ2) is 5.83. The highest BCUT2D eigenvalue weighted by Gasteiger charge is 2.33. The molecule has 0 bridgehead atoms. The predicted molar refractivity (Wildman–Crippen MR) is 82.0 cm³/mol. The molecule has 1 aliphatic rings. The minimum absolute atomic E-state index is 0.267. The van der Waals surface area contributed by atoms with E-state index in [9.17, 15) is 8.42 Å². The Morgan fingerprint density at radius 2 is 2.09 bits per heavy atom. The van der Waals surface area contributed by atoms with Crippen LogP contribution in [0.15, 0.2) is 35.4 Å². The molecule has 0 aliphatic carbocycles. The molecule has 1 aromatic heterocycles. The number of morpholine rings is 1. The molecule has 1 saturated heterocycles. The standard InChI is InChI=1S/C15H19N3O3S/c1-11-5-3-4-6-14(11)22(19,20)18-7-8-21-13(10-18)15-16-9-12(2)17-15/h3-6,9,13H,7-8,10H2,1-2H3,(H,16,17)/t13-/m0/s1. The largest absolute Gasteiger partial charge is 0.368 e. The van der Waals surface area contributed by atoms with Gasteiger partial charge in [-0.3, -0.25) is 0 Å². The Morgan fingerprint density at radius 3 is 2.77 bits per heavy atom. The number of H-pyrrole nitrogens is 1. The molecule has 1 fully saturated rings. The topological polar surface area (TPSA) is 75.3 Å². The number of nitrogens with zero attached hydrogens (tertiary/aromatic N) is 2. The van der Waals surface area contributed by atoms with E-state index in [2.05, 4.69) is 9.97 Å². The highest BCUT2D eigenvalue weighted by Crippen LogP contribution is 2.26. The molecule has 6 nitrogen and oxygen atoms in total. The van der Waals surface area contributed by atoms with Gasteiger partial charge in [0.2, 0.25) is 10.0 Å². The van der Waals surface area contributed by atoms with Crippen LogP contribution in [0.4, 0.5) is 0 Å². The van der Waals surface area contributed by atoms with E-state index in [0.717, 1.165) is 11.3 Å². The highest BCUT2D eigenvalue weighted by atomic mass is 32.2. The monoisotopic (exact) mass is 321 g/mol. The Bertz CT molecular complexity index is 770. The van der Waals surface area contributed by atoms with Gasteiger partial charge in [-0.05, 0) is 25.5 Å². The molecule has 1 atom stereocenters. The molecule has 0 unspecified atom stereocenters. The fourth-order valence-electron chi connectivity index (χ4n) is 2.59. The van der Waals surface area contributed by atoms with Crippen LogP contribution < -0.4 is 0 Å². The Morgan fingerprint density at radius 1 is 1.32 bits per heavy atom. The molecule has 0 radical (unpaired) electrons. The summed E-state index contributed by atoms with van der Waals surface area (Å²) in [6.45, 7) is 4.69. The second-order valence-corrected chi connectivity index (χ2v) is 7.35. The van der Waals surface area contributed by atoms with Gasteiger partial charge in [0.1, 0.15) is 11.9 Å². The second-order valence-electron chi connectivity index (χ2n) is 5.44. The van der Waals surface area contributed by atoms with Gasteiger partial charge in [-0.15, -0.1) is 0 Å². The van der Waals surface area contributed by atoms with Crippen molar-refractivity contribution in [3.63, 3.8) is 0 Å². The number of nitrogens with one attached hydrogen (secondary N) is 1. The van der Waals surface area contributed by atoms with Crippen molar-refractivity contribution in [2.45, 2.75) is 24.8 Å².